The summed E-state index contributed by atoms with van der Waals surface area (Å²) in [6.45, 7) is 1.38. The molecule has 4 heteroatoms. The van der Waals surface area contributed by atoms with Gasteiger partial charge in [0.05, 0.1) is 6.26 Å². The number of rotatable bonds is 5. The van der Waals surface area contributed by atoms with Gasteiger partial charge in [0.1, 0.15) is 5.58 Å². The van der Waals surface area contributed by atoms with Crippen LogP contribution in [-0.4, -0.2) is 6.54 Å². The zero-order valence-electron chi connectivity index (χ0n) is 10.5. The van der Waals surface area contributed by atoms with Gasteiger partial charge in [-0.3, -0.25) is 0 Å². The molecular formula is C15H16N2OS. The summed E-state index contributed by atoms with van der Waals surface area (Å²) in [5, 5.41) is 6.71. The monoisotopic (exact) mass is 272 g/mol. The predicted octanol–water partition coefficient (Wildman–Crippen LogP) is 3.28. The number of furan rings is 1. The predicted molar refractivity (Wildman–Crippen MR) is 79.2 cm³/mol. The van der Waals surface area contributed by atoms with E-state index in [2.05, 4.69) is 28.9 Å². The van der Waals surface area contributed by atoms with Gasteiger partial charge in [0, 0.05) is 35.0 Å². The number of para-hydroxylation sites is 1. The highest BCUT2D eigenvalue weighted by molar-refractivity contribution is 7.09. The van der Waals surface area contributed by atoms with Gasteiger partial charge in [-0.2, -0.15) is 0 Å². The van der Waals surface area contributed by atoms with Crippen molar-refractivity contribution in [2.45, 2.75) is 12.6 Å². The number of hydrogen-bond donors (Lipinski definition) is 2. The third-order valence-electron chi connectivity index (χ3n) is 3.22. The second-order valence-electron chi connectivity index (χ2n) is 4.44. The van der Waals surface area contributed by atoms with Gasteiger partial charge >= 0.3 is 0 Å². The molecule has 0 radical (unpaired) electrons. The summed E-state index contributed by atoms with van der Waals surface area (Å²) in [4.78, 5) is 1.31. The van der Waals surface area contributed by atoms with E-state index in [1.165, 1.54) is 4.88 Å². The molecule has 0 aliphatic carbocycles. The Morgan fingerprint density at radius 1 is 1.21 bits per heavy atom. The lowest BCUT2D eigenvalue weighted by Crippen LogP contribution is -2.27. The van der Waals surface area contributed by atoms with Crippen molar-refractivity contribution in [2.24, 2.45) is 5.73 Å². The lowest BCUT2D eigenvalue weighted by molar-refractivity contribution is 0.532. The third kappa shape index (κ3) is 2.56. The maximum Gasteiger partial charge on any atom is 0.134 e. The number of nitrogens with two attached hydrogens (primary N) is 1. The Hall–Kier alpha value is -1.62. The van der Waals surface area contributed by atoms with E-state index in [0.29, 0.717) is 6.54 Å². The van der Waals surface area contributed by atoms with Crippen LogP contribution < -0.4 is 11.1 Å². The van der Waals surface area contributed by atoms with E-state index in [-0.39, 0.29) is 6.04 Å². The van der Waals surface area contributed by atoms with Crippen molar-refractivity contribution in [3.05, 3.63) is 58.5 Å². The molecule has 2 aromatic heterocycles. The Balaban J connectivity index is 1.81. The Morgan fingerprint density at radius 3 is 2.89 bits per heavy atom. The maximum atomic E-state index is 5.89. The fourth-order valence-corrected chi connectivity index (χ4v) is 2.88. The normalized spacial score (nSPS) is 12.9. The van der Waals surface area contributed by atoms with Gasteiger partial charge < -0.3 is 15.5 Å². The minimum atomic E-state index is 0.116. The average molecular weight is 272 g/mol. The molecule has 0 saturated carbocycles. The highest BCUT2D eigenvalue weighted by Crippen LogP contribution is 2.26. The quantitative estimate of drug-likeness (QED) is 0.749. The fourth-order valence-electron chi connectivity index (χ4n) is 2.23. The van der Waals surface area contributed by atoms with E-state index in [4.69, 9.17) is 10.2 Å². The van der Waals surface area contributed by atoms with Crippen molar-refractivity contribution in [2.75, 3.05) is 6.54 Å². The minimum Gasteiger partial charge on any atom is -0.464 e. The standard InChI is InChI=1S/C15H16N2OS/c16-8-14(17-9-11-4-3-7-19-11)13-10-18-15-6-2-1-5-12(13)15/h1-7,10,14,17H,8-9,16H2. The summed E-state index contributed by atoms with van der Waals surface area (Å²) in [6, 6.07) is 12.4. The number of benzene rings is 1. The largest absolute Gasteiger partial charge is 0.464 e. The molecule has 0 aliphatic heterocycles. The molecular weight excluding hydrogens is 256 g/mol. The molecule has 0 bridgehead atoms. The van der Waals surface area contributed by atoms with Crippen molar-refractivity contribution in [3.63, 3.8) is 0 Å². The SMILES string of the molecule is NCC(NCc1cccs1)c1coc2ccccc12. The van der Waals surface area contributed by atoms with Crippen LogP contribution in [0, 0.1) is 0 Å². The summed E-state index contributed by atoms with van der Waals surface area (Å²) < 4.78 is 5.58. The van der Waals surface area contributed by atoms with Crippen LogP contribution >= 0.6 is 11.3 Å². The first-order valence-electron chi connectivity index (χ1n) is 6.30. The molecule has 0 spiro atoms. The Kier molecular flexibility index (Phi) is 3.64. The second-order valence-corrected chi connectivity index (χ2v) is 5.47. The average Bonchev–Trinajstić information content (AvgIpc) is 3.09. The lowest BCUT2D eigenvalue weighted by atomic mass is 10.1. The zero-order valence-corrected chi connectivity index (χ0v) is 11.3. The van der Waals surface area contributed by atoms with E-state index in [1.54, 1.807) is 11.3 Å². The molecule has 0 aliphatic rings. The number of thiophene rings is 1. The number of nitrogens with one attached hydrogen (secondary N) is 1. The molecule has 0 fully saturated rings. The lowest BCUT2D eigenvalue weighted by Gasteiger charge is -2.15. The van der Waals surface area contributed by atoms with Crippen LogP contribution in [0.2, 0.25) is 0 Å². The van der Waals surface area contributed by atoms with E-state index in [0.717, 1.165) is 23.1 Å². The minimum absolute atomic E-state index is 0.116. The van der Waals surface area contributed by atoms with Crippen molar-refractivity contribution >= 4 is 22.3 Å². The van der Waals surface area contributed by atoms with Crippen LogP contribution in [0.5, 0.6) is 0 Å². The van der Waals surface area contributed by atoms with Gasteiger partial charge in [-0.15, -0.1) is 11.3 Å². The second kappa shape index (κ2) is 5.57. The Labute approximate surface area is 116 Å². The molecule has 0 saturated heterocycles. The van der Waals surface area contributed by atoms with Gasteiger partial charge in [-0.1, -0.05) is 24.3 Å². The summed E-state index contributed by atoms with van der Waals surface area (Å²) in [5.41, 5.74) is 7.94. The van der Waals surface area contributed by atoms with Crippen molar-refractivity contribution in [1.82, 2.24) is 5.32 Å². The first kappa shape index (κ1) is 12.4. The van der Waals surface area contributed by atoms with Crippen LogP contribution in [0.25, 0.3) is 11.0 Å². The molecule has 1 atom stereocenters. The van der Waals surface area contributed by atoms with Crippen LogP contribution in [0.4, 0.5) is 0 Å². The van der Waals surface area contributed by atoms with Gasteiger partial charge in [0.25, 0.3) is 0 Å². The highest BCUT2D eigenvalue weighted by atomic mass is 32.1. The first-order valence-corrected chi connectivity index (χ1v) is 7.18. The molecule has 2 heterocycles. The summed E-state index contributed by atoms with van der Waals surface area (Å²) in [5.74, 6) is 0. The van der Waals surface area contributed by atoms with Crippen molar-refractivity contribution < 1.29 is 4.42 Å². The first-order chi connectivity index (χ1) is 9.38. The van der Waals surface area contributed by atoms with Gasteiger partial charge in [-0.05, 0) is 17.5 Å². The zero-order chi connectivity index (χ0) is 13.1. The summed E-state index contributed by atoms with van der Waals surface area (Å²) >= 11 is 1.75. The van der Waals surface area contributed by atoms with Gasteiger partial charge in [-0.25, -0.2) is 0 Å². The Morgan fingerprint density at radius 2 is 2.11 bits per heavy atom. The topological polar surface area (TPSA) is 51.2 Å². The maximum absolute atomic E-state index is 5.89. The molecule has 1 unspecified atom stereocenters. The van der Waals surface area contributed by atoms with Crippen molar-refractivity contribution in [3.8, 4) is 0 Å². The molecule has 3 rings (SSSR count). The smallest absolute Gasteiger partial charge is 0.134 e. The van der Waals surface area contributed by atoms with E-state index in [9.17, 15) is 0 Å². The summed E-state index contributed by atoms with van der Waals surface area (Å²) in [7, 11) is 0. The molecule has 3 nitrogen and oxygen atoms in total. The van der Waals surface area contributed by atoms with Crippen LogP contribution in [0.15, 0.2) is 52.5 Å². The molecule has 1 aromatic carbocycles. The van der Waals surface area contributed by atoms with E-state index >= 15 is 0 Å². The van der Waals surface area contributed by atoms with E-state index in [1.807, 2.05) is 24.5 Å². The Bertz CT molecular complexity index is 645. The molecule has 3 N–H and O–H groups in total. The molecule has 3 aromatic rings. The van der Waals surface area contributed by atoms with Gasteiger partial charge in [0.15, 0.2) is 0 Å². The highest BCUT2D eigenvalue weighted by Gasteiger charge is 2.15. The summed E-state index contributed by atoms with van der Waals surface area (Å²) in [6.07, 6.45) is 1.81. The molecule has 19 heavy (non-hydrogen) atoms. The van der Waals surface area contributed by atoms with E-state index < -0.39 is 0 Å². The molecule has 0 amide bonds. The van der Waals surface area contributed by atoms with Crippen LogP contribution in [-0.2, 0) is 6.54 Å². The number of fused-ring (bicyclic) bond motifs is 1. The number of hydrogen-bond acceptors (Lipinski definition) is 4. The third-order valence-corrected chi connectivity index (χ3v) is 4.10. The van der Waals surface area contributed by atoms with Crippen molar-refractivity contribution in [1.29, 1.82) is 0 Å². The fraction of sp³-hybridized carbons (Fsp3) is 0.200. The molecule has 98 valence electrons. The van der Waals surface area contributed by atoms with Crippen LogP contribution in [0.1, 0.15) is 16.5 Å². The van der Waals surface area contributed by atoms with Crippen LogP contribution in [0.3, 0.4) is 0 Å². The van der Waals surface area contributed by atoms with Gasteiger partial charge in [0.2, 0.25) is 0 Å².